The smallest absolute Gasteiger partial charge is 0.226 e. The molecule has 0 saturated carbocycles. The third-order valence-corrected chi connectivity index (χ3v) is 10.5. The number of nitrogens with zero attached hydrogens (tertiary/aromatic N) is 8. The second-order valence-electron chi connectivity index (χ2n) is 13.3. The highest BCUT2D eigenvalue weighted by Gasteiger charge is 2.46. The van der Waals surface area contributed by atoms with Gasteiger partial charge in [0.1, 0.15) is 11.6 Å². The monoisotopic (exact) mass is 667 g/mol. The van der Waals surface area contributed by atoms with Crippen LogP contribution < -0.4 is 15.1 Å². The van der Waals surface area contributed by atoms with E-state index < -0.39 is 5.41 Å². The van der Waals surface area contributed by atoms with Crippen LogP contribution in [-0.2, 0) is 4.79 Å². The second kappa shape index (κ2) is 14.9. The topological polar surface area (TPSA) is 93.6 Å². The number of nitrogens with one attached hydrogen (secondary N) is 1. The fraction of sp³-hybridized carbons (Fsp3) is 0.432. The maximum Gasteiger partial charge on any atom is 0.226 e. The number of rotatable bonds is 10. The molecule has 0 aliphatic carbocycles. The summed E-state index contributed by atoms with van der Waals surface area (Å²) in [6.07, 6.45) is 9.81. The van der Waals surface area contributed by atoms with E-state index in [1.807, 2.05) is 36.4 Å². The largest absolute Gasteiger partial charge is 0.356 e. The molecule has 0 bridgehead atoms. The number of amides is 1. The molecule has 2 unspecified atom stereocenters. The minimum absolute atomic E-state index is 0.0608. The maximum atomic E-state index is 14.3. The van der Waals surface area contributed by atoms with Crippen molar-refractivity contribution >= 4 is 17.8 Å². The first-order chi connectivity index (χ1) is 24.0. The maximum absolute atomic E-state index is 14.3. The Morgan fingerprint density at radius 3 is 1.43 bits per heavy atom. The van der Waals surface area contributed by atoms with Gasteiger partial charge in [-0.15, -0.1) is 0 Å². The molecule has 2 aromatic heterocycles. The van der Waals surface area contributed by atoms with E-state index in [0.717, 1.165) is 76.3 Å². The lowest BCUT2D eigenvalue weighted by Crippen LogP contribution is -2.54. The lowest BCUT2D eigenvalue weighted by molar-refractivity contribution is -0.137. The molecular formula is C37H43F2N9O. The van der Waals surface area contributed by atoms with Gasteiger partial charge in [0.25, 0.3) is 0 Å². The van der Waals surface area contributed by atoms with Crippen LogP contribution in [0.4, 0.5) is 20.7 Å². The first-order valence-corrected chi connectivity index (χ1v) is 17.3. The summed E-state index contributed by atoms with van der Waals surface area (Å²) in [5.74, 6) is 0.921. The van der Waals surface area contributed by atoms with Crippen LogP contribution in [0.15, 0.2) is 85.5 Å². The van der Waals surface area contributed by atoms with Crippen molar-refractivity contribution in [3.05, 3.63) is 108 Å². The molecule has 4 aromatic rings. The average molecular weight is 668 g/mol. The number of anilines is 2. The average Bonchev–Trinajstić information content (AvgIpc) is 3.16. The molecule has 3 aliphatic heterocycles. The van der Waals surface area contributed by atoms with Gasteiger partial charge in [0.2, 0.25) is 17.8 Å². The molecule has 7 rings (SSSR count). The predicted octanol–water partition coefficient (Wildman–Crippen LogP) is 4.65. The molecule has 3 aliphatic rings. The number of piperazine rings is 2. The van der Waals surface area contributed by atoms with Gasteiger partial charge in [0.15, 0.2) is 0 Å². The van der Waals surface area contributed by atoms with Crippen LogP contribution >= 0.6 is 0 Å². The Bertz CT molecular complexity index is 1540. The molecule has 3 saturated heterocycles. The lowest BCUT2D eigenvalue weighted by atomic mass is 9.68. The summed E-state index contributed by atoms with van der Waals surface area (Å²) in [6, 6.07) is 16.9. The summed E-state index contributed by atoms with van der Waals surface area (Å²) in [7, 11) is 0. The third-order valence-electron chi connectivity index (χ3n) is 10.5. The second-order valence-corrected chi connectivity index (χ2v) is 13.3. The number of aromatic nitrogens is 4. The van der Waals surface area contributed by atoms with E-state index in [4.69, 9.17) is 0 Å². The lowest BCUT2D eigenvalue weighted by Gasteiger charge is -2.47. The van der Waals surface area contributed by atoms with Crippen LogP contribution in [0.5, 0.6) is 0 Å². The molecule has 256 valence electrons. The Morgan fingerprint density at radius 1 is 0.633 bits per heavy atom. The van der Waals surface area contributed by atoms with Crippen LogP contribution in [-0.4, -0.2) is 94.5 Å². The van der Waals surface area contributed by atoms with Crippen LogP contribution in [0.25, 0.3) is 0 Å². The zero-order valence-corrected chi connectivity index (χ0v) is 27.7. The van der Waals surface area contributed by atoms with Gasteiger partial charge in [-0.3, -0.25) is 14.6 Å². The van der Waals surface area contributed by atoms with E-state index >= 15 is 0 Å². The van der Waals surface area contributed by atoms with E-state index in [9.17, 15) is 13.6 Å². The summed E-state index contributed by atoms with van der Waals surface area (Å²) in [5, 5.41) is 3.22. The standard InChI is InChI=1S/C37H43F2N9O/c38-30-8-4-28(5-9-30)32(45-18-22-47(23-19-45)35-41-14-2-15-42-35)26-37(12-1-13-40-34(37)49)27-33(29-6-10-31(39)11-7-29)46-20-24-48(25-21-46)36-43-16-3-17-44-36/h2-11,14-17,32-33H,1,12-13,18-27H2,(H,40,49). The first kappa shape index (κ1) is 33.0. The summed E-state index contributed by atoms with van der Waals surface area (Å²) >= 11 is 0. The van der Waals surface area contributed by atoms with Crippen molar-refractivity contribution in [3.8, 4) is 0 Å². The third kappa shape index (κ3) is 7.55. The number of benzene rings is 2. The summed E-state index contributed by atoms with van der Waals surface area (Å²) < 4.78 is 28.4. The Hall–Kier alpha value is -4.55. The fourth-order valence-electron chi connectivity index (χ4n) is 7.80. The van der Waals surface area contributed by atoms with Gasteiger partial charge in [-0.1, -0.05) is 24.3 Å². The normalized spacial score (nSPS) is 22.0. The number of hydrogen-bond acceptors (Lipinski definition) is 9. The van der Waals surface area contributed by atoms with Crippen LogP contribution in [0, 0.1) is 17.0 Å². The molecule has 1 amide bonds. The molecule has 5 heterocycles. The molecule has 12 heteroatoms. The molecule has 0 radical (unpaired) electrons. The Labute approximate surface area is 286 Å². The molecule has 10 nitrogen and oxygen atoms in total. The van der Waals surface area contributed by atoms with E-state index in [2.05, 4.69) is 44.9 Å². The molecule has 2 aromatic carbocycles. The SMILES string of the molecule is O=C1NCCCC1(CC(c1ccc(F)cc1)N1CCN(c2ncccn2)CC1)CC(c1ccc(F)cc1)N1CCN(c2ncccn2)CC1. The number of halogens is 2. The number of hydrogen-bond donors (Lipinski definition) is 1. The van der Waals surface area contributed by atoms with Gasteiger partial charge in [-0.05, 0) is 73.2 Å². The predicted molar refractivity (Wildman–Crippen MR) is 184 cm³/mol. The zero-order chi connectivity index (χ0) is 33.6. The highest BCUT2D eigenvalue weighted by molar-refractivity contribution is 5.83. The van der Waals surface area contributed by atoms with Crippen molar-refractivity contribution in [2.75, 3.05) is 68.7 Å². The van der Waals surface area contributed by atoms with Gasteiger partial charge in [0, 0.05) is 95.8 Å². The quantitative estimate of drug-likeness (QED) is 0.260. The molecule has 49 heavy (non-hydrogen) atoms. The fourth-order valence-corrected chi connectivity index (χ4v) is 7.80. The number of piperidine rings is 1. The molecular weight excluding hydrogens is 624 g/mol. The highest BCUT2D eigenvalue weighted by atomic mass is 19.1. The number of carbonyl (C=O) groups excluding carboxylic acids is 1. The van der Waals surface area contributed by atoms with Crippen LogP contribution in [0.2, 0.25) is 0 Å². The van der Waals surface area contributed by atoms with E-state index in [1.54, 1.807) is 24.8 Å². The molecule has 0 spiro atoms. The summed E-state index contributed by atoms with van der Waals surface area (Å²) in [4.78, 5) is 41.3. The summed E-state index contributed by atoms with van der Waals surface area (Å²) in [5.41, 5.74) is 1.30. The van der Waals surface area contributed by atoms with E-state index in [0.29, 0.717) is 31.3 Å². The van der Waals surface area contributed by atoms with Crippen molar-refractivity contribution in [2.45, 2.75) is 37.8 Å². The van der Waals surface area contributed by atoms with Gasteiger partial charge < -0.3 is 15.1 Å². The van der Waals surface area contributed by atoms with Gasteiger partial charge in [0.05, 0.1) is 5.41 Å². The van der Waals surface area contributed by atoms with Gasteiger partial charge >= 0.3 is 0 Å². The highest BCUT2D eigenvalue weighted by Crippen LogP contribution is 2.47. The van der Waals surface area contributed by atoms with Crippen molar-refractivity contribution < 1.29 is 13.6 Å². The van der Waals surface area contributed by atoms with Crippen molar-refractivity contribution in [1.82, 2.24) is 35.1 Å². The van der Waals surface area contributed by atoms with Gasteiger partial charge in [-0.25, -0.2) is 28.7 Å². The Balaban J connectivity index is 1.18. The minimum Gasteiger partial charge on any atom is -0.356 e. The van der Waals surface area contributed by atoms with E-state index in [-0.39, 0.29) is 29.6 Å². The molecule has 3 fully saturated rings. The van der Waals surface area contributed by atoms with Crippen molar-refractivity contribution in [1.29, 1.82) is 0 Å². The number of carbonyl (C=O) groups is 1. The minimum atomic E-state index is -0.699. The zero-order valence-electron chi connectivity index (χ0n) is 27.7. The Morgan fingerprint density at radius 2 is 1.04 bits per heavy atom. The van der Waals surface area contributed by atoms with Crippen LogP contribution in [0.1, 0.15) is 48.9 Å². The first-order valence-electron chi connectivity index (χ1n) is 17.3. The van der Waals surface area contributed by atoms with Gasteiger partial charge in [-0.2, -0.15) is 0 Å². The summed E-state index contributed by atoms with van der Waals surface area (Å²) in [6.45, 7) is 6.64. The van der Waals surface area contributed by atoms with E-state index in [1.165, 1.54) is 24.3 Å². The Kier molecular flexibility index (Phi) is 10.0. The van der Waals surface area contributed by atoms with Crippen molar-refractivity contribution in [2.24, 2.45) is 5.41 Å². The van der Waals surface area contributed by atoms with Crippen LogP contribution in [0.3, 0.4) is 0 Å². The van der Waals surface area contributed by atoms with Crippen molar-refractivity contribution in [3.63, 3.8) is 0 Å². The molecule has 1 N–H and O–H groups in total. The molecule has 2 atom stereocenters.